The van der Waals surface area contributed by atoms with Crippen molar-refractivity contribution in [3.8, 4) is 0 Å². The summed E-state index contributed by atoms with van der Waals surface area (Å²) in [6.07, 6.45) is -4.07. The van der Waals surface area contributed by atoms with Crippen LogP contribution in [0, 0.1) is 34.8 Å². The van der Waals surface area contributed by atoms with Crippen molar-refractivity contribution >= 4 is 29.2 Å². The molecule has 0 bridgehead atoms. The Hall–Kier alpha value is -1.48. The van der Waals surface area contributed by atoms with E-state index >= 15 is 0 Å². The maximum Gasteiger partial charge on any atom is 0.426 e. The first-order valence-corrected chi connectivity index (χ1v) is 7.84. The molecule has 1 fully saturated rings. The van der Waals surface area contributed by atoms with Crippen molar-refractivity contribution in [2.24, 2.45) is 17.3 Å². The number of aromatic nitrogens is 1. The number of halogens is 8. The lowest BCUT2D eigenvalue weighted by Gasteiger charge is -2.08. The second-order valence-electron chi connectivity index (χ2n) is 6.24. The number of allylic oxidation sites excluding steroid dienone is 2. The van der Waals surface area contributed by atoms with Crippen LogP contribution in [0.2, 0.25) is 5.15 Å². The molecule has 3 nitrogen and oxygen atoms in total. The minimum Gasteiger partial charge on any atom is -0.460 e. The van der Waals surface area contributed by atoms with Gasteiger partial charge in [0.2, 0.25) is 0 Å². The number of hydrogen-bond donors (Lipinski definition) is 0. The lowest BCUT2D eigenvalue weighted by atomic mass is 10.1. The normalized spacial score (nSPS) is 22.3. The first-order chi connectivity index (χ1) is 11.8. The van der Waals surface area contributed by atoms with Crippen LogP contribution in [0.15, 0.2) is 11.1 Å². The van der Waals surface area contributed by atoms with E-state index in [1.807, 2.05) is 0 Å². The average molecular weight is 422 g/mol. The molecular weight excluding hydrogens is 411 g/mol. The van der Waals surface area contributed by atoms with Gasteiger partial charge in [0.1, 0.15) is 11.6 Å². The van der Waals surface area contributed by atoms with E-state index in [1.165, 1.54) is 13.8 Å². The standard InChI is InChI=1S/C15H11Cl2F6NO2/c1-14(2)6(3-7(16)15(21,22)23)8(14)13(25)26-4-5-9(18)11(17)24-12(20)10(5)19/h3,6,8H,4H2,1-2H3/b7-3+. The van der Waals surface area contributed by atoms with Crippen molar-refractivity contribution < 1.29 is 35.9 Å². The number of carbonyl (C=O) groups is 1. The van der Waals surface area contributed by atoms with Crippen LogP contribution in [0.5, 0.6) is 0 Å². The Balaban J connectivity index is 2.13. The van der Waals surface area contributed by atoms with E-state index in [0.717, 1.165) is 0 Å². The van der Waals surface area contributed by atoms with Gasteiger partial charge in [0, 0.05) is 0 Å². The third-order valence-electron chi connectivity index (χ3n) is 4.21. The number of alkyl halides is 3. The van der Waals surface area contributed by atoms with Crippen molar-refractivity contribution in [1.29, 1.82) is 0 Å². The molecule has 0 spiro atoms. The van der Waals surface area contributed by atoms with Crippen LogP contribution < -0.4 is 0 Å². The molecule has 2 atom stereocenters. The van der Waals surface area contributed by atoms with E-state index in [1.54, 1.807) is 0 Å². The fourth-order valence-electron chi connectivity index (χ4n) is 2.58. The predicted molar refractivity (Wildman–Crippen MR) is 79.7 cm³/mol. The largest absolute Gasteiger partial charge is 0.460 e. The molecule has 0 aromatic carbocycles. The van der Waals surface area contributed by atoms with Gasteiger partial charge in [-0.3, -0.25) is 4.79 Å². The summed E-state index contributed by atoms with van der Waals surface area (Å²) in [6, 6.07) is 0. The number of nitrogens with zero attached hydrogens (tertiary/aromatic N) is 1. The lowest BCUT2D eigenvalue weighted by molar-refractivity contribution is -0.147. The molecule has 1 aromatic heterocycles. The molecule has 2 rings (SSSR count). The molecular formula is C15H11Cl2F6NO2. The number of rotatable bonds is 4. The first-order valence-electron chi connectivity index (χ1n) is 7.08. The molecule has 1 heterocycles. The van der Waals surface area contributed by atoms with Crippen molar-refractivity contribution in [2.45, 2.75) is 26.6 Å². The number of ether oxygens (including phenoxy) is 1. The van der Waals surface area contributed by atoms with E-state index in [0.29, 0.717) is 6.08 Å². The minimum absolute atomic E-state index is 0.692. The summed E-state index contributed by atoms with van der Waals surface area (Å²) in [5.41, 5.74) is -1.85. The van der Waals surface area contributed by atoms with Gasteiger partial charge in [-0.05, 0) is 11.3 Å². The highest BCUT2D eigenvalue weighted by molar-refractivity contribution is 6.30. The second kappa shape index (κ2) is 6.92. The topological polar surface area (TPSA) is 39.2 Å². The summed E-state index contributed by atoms with van der Waals surface area (Å²) in [5.74, 6) is -7.64. The molecule has 1 aliphatic carbocycles. The van der Waals surface area contributed by atoms with Gasteiger partial charge >= 0.3 is 12.1 Å². The number of esters is 1. The van der Waals surface area contributed by atoms with Crippen LogP contribution in [0.1, 0.15) is 19.4 Å². The number of hydrogen-bond acceptors (Lipinski definition) is 3. The van der Waals surface area contributed by atoms with E-state index in [2.05, 4.69) is 4.98 Å². The zero-order chi connectivity index (χ0) is 20.0. The van der Waals surface area contributed by atoms with E-state index in [-0.39, 0.29) is 0 Å². The highest BCUT2D eigenvalue weighted by atomic mass is 35.5. The van der Waals surface area contributed by atoms with Gasteiger partial charge in [-0.2, -0.15) is 17.6 Å². The molecule has 0 amide bonds. The number of carbonyl (C=O) groups excluding carboxylic acids is 1. The van der Waals surface area contributed by atoms with E-state index in [4.69, 9.17) is 27.9 Å². The van der Waals surface area contributed by atoms with Crippen LogP contribution in [0.3, 0.4) is 0 Å². The Kier molecular flexibility index (Phi) is 5.54. The van der Waals surface area contributed by atoms with Crippen LogP contribution in [-0.2, 0) is 16.1 Å². The molecule has 0 radical (unpaired) electrons. The molecule has 1 saturated carbocycles. The monoisotopic (exact) mass is 421 g/mol. The van der Waals surface area contributed by atoms with Crippen molar-refractivity contribution in [3.63, 3.8) is 0 Å². The molecule has 144 valence electrons. The zero-order valence-electron chi connectivity index (χ0n) is 13.2. The minimum atomic E-state index is -4.76. The number of pyridine rings is 1. The quantitative estimate of drug-likeness (QED) is 0.383. The van der Waals surface area contributed by atoms with Gasteiger partial charge in [0.05, 0.1) is 11.5 Å². The Morgan fingerprint density at radius 2 is 1.85 bits per heavy atom. The van der Waals surface area contributed by atoms with E-state index < -0.39 is 69.3 Å². The van der Waals surface area contributed by atoms with Gasteiger partial charge in [0.15, 0.2) is 16.8 Å². The Morgan fingerprint density at radius 3 is 2.38 bits per heavy atom. The van der Waals surface area contributed by atoms with Gasteiger partial charge < -0.3 is 4.74 Å². The molecule has 1 aromatic rings. The van der Waals surface area contributed by atoms with Gasteiger partial charge in [-0.15, -0.1) is 0 Å². The summed E-state index contributed by atoms with van der Waals surface area (Å²) in [7, 11) is 0. The highest BCUT2D eigenvalue weighted by Gasteiger charge is 2.62. The molecule has 2 unspecified atom stereocenters. The smallest absolute Gasteiger partial charge is 0.426 e. The second-order valence-corrected chi connectivity index (χ2v) is 7.01. The SMILES string of the molecule is CC1(C)C(/C=C(/Cl)C(F)(F)F)C1C(=O)OCc1c(F)c(F)nc(Cl)c1F. The summed E-state index contributed by atoms with van der Waals surface area (Å²) >= 11 is 10.4. The third kappa shape index (κ3) is 3.93. The molecule has 26 heavy (non-hydrogen) atoms. The molecule has 1 aliphatic rings. The summed E-state index contributed by atoms with van der Waals surface area (Å²) in [4.78, 5) is 14.8. The van der Waals surface area contributed by atoms with E-state index in [9.17, 15) is 31.1 Å². The van der Waals surface area contributed by atoms with Crippen LogP contribution >= 0.6 is 23.2 Å². The Bertz CT molecular complexity index is 752. The average Bonchev–Trinajstić information content (AvgIpc) is 3.04. The molecule has 0 saturated heterocycles. The van der Waals surface area contributed by atoms with Gasteiger partial charge in [-0.1, -0.05) is 43.1 Å². The van der Waals surface area contributed by atoms with Crippen molar-refractivity contribution in [3.05, 3.63) is 39.4 Å². The highest BCUT2D eigenvalue weighted by Crippen LogP contribution is 2.60. The lowest BCUT2D eigenvalue weighted by Crippen LogP contribution is -2.13. The summed E-state index contributed by atoms with van der Waals surface area (Å²) in [5, 5.41) is -2.33. The fourth-order valence-corrected chi connectivity index (χ4v) is 2.90. The van der Waals surface area contributed by atoms with Crippen LogP contribution in [0.4, 0.5) is 26.3 Å². The zero-order valence-corrected chi connectivity index (χ0v) is 14.7. The van der Waals surface area contributed by atoms with Gasteiger partial charge in [0.25, 0.3) is 5.95 Å². The Morgan fingerprint density at radius 1 is 1.27 bits per heavy atom. The van der Waals surface area contributed by atoms with Crippen LogP contribution in [-0.4, -0.2) is 17.1 Å². The fraction of sp³-hybridized carbons (Fsp3) is 0.467. The maximum atomic E-state index is 13.7. The Labute approximate surface area is 153 Å². The molecule has 0 aliphatic heterocycles. The van der Waals surface area contributed by atoms with Gasteiger partial charge in [-0.25, -0.2) is 13.8 Å². The summed E-state index contributed by atoms with van der Waals surface area (Å²) < 4.78 is 82.6. The first kappa shape index (κ1) is 20.8. The van der Waals surface area contributed by atoms with Crippen molar-refractivity contribution in [1.82, 2.24) is 4.98 Å². The molecule has 11 heteroatoms. The predicted octanol–water partition coefficient (Wildman–Crippen LogP) is 5.15. The summed E-state index contributed by atoms with van der Waals surface area (Å²) in [6.45, 7) is 2.02. The van der Waals surface area contributed by atoms with Crippen molar-refractivity contribution in [2.75, 3.05) is 0 Å². The third-order valence-corrected chi connectivity index (χ3v) is 4.80. The maximum absolute atomic E-state index is 13.7. The molecule has 0 N–H and O–H groups in total. The van der Waals surface area contributed by atoms with Crippen LogP contribution in [0.25, 0.3) is 0 Å².